The second-order valence-corrected chi connectivity index (χ2v) is 3.91. The van der Waals surface area contributed by atoms with Gasteiger partial charge in [-0.05, 0) is 26.5 Å². The zero-order valence-electron chi connectivity index (χ0n) is 7.97. The molecule has 11 heavy (non-hydrogen) atoms. The molecule has 1 heterocycles. The highest BCUT2D eigenvalue weighted by Gasteiger charge is 2.19. The van der Waals surface area contributed by atoms with Crippen LogP contribution in [0.15, 0.2) is 0 Å². The molecule has 0 N–H and O–H groups in total. The van der Waals surface area contributed by atoms with Crippen molar-refractivity contribution in [1.29, 1.82) is 0 Å². The lowest BCUT2D eigenvalue weighted by Crippen LogP contribution is -2.37. The molecular formula is C9H20BN. The van der Waals surface area contributed by atoms with E-state index in [1.807, 2.05) is 0 Å². The van der Waals surface area contributed by atoms with E-state index < -0.39 is 0 Å². The first-order chi connectivity index (χ1) is 5.33. The number of hydrogen-bond acceptors (Lipinski definition) is 1. The number of hydrogen-bond donors (Lipinski definition) is 0. The van der Waals surface area contributed by atoms with Gasteiger partial charge in [-0.2, -0.15) is 0 Å². The van der Waals surface area contributed by atoms with E-state index in [1.54, 1.807) is 0 Å². The fourth-order valence-electron chi connectivity index (χ4n) is 2.00. The molecule has 0 unspecified atom stereocenters. The van der Waals surface area contributed by atoms with E-state index in [0.29, 0.717) is 0 Å². The topological polar surface area (TPSA) is 3.24 Å². The molecule has 0 aliphatic carbocycles. The van der Waals surface area contributed by atoms with Gasteiger partial charge in [0.15, 0.2) is 6.71 Å². The summed E-state index contributed by atoms with van der Waals surface area (Å²) in [4.78, 5) is 2.48. The lowest BCUT2D eigenvalue weighted by molar-refractivity contribution is 0.366. The zero-order valence-corrected chi connectivity index (χ0v) is 7.97. The van der Waals surface area contributed by atoms with Crippen molar-refractivity contribution in [3.63, 3.8) is 0 Å². The third-order valence-corrected chi connectivity index (χ3v) is 2.69. The zero-order chi connectivity index (χ0) is 8.10. The standard InChI is InChI=1S/C9H20BN/c1-3-4-6-10-7-5-8-11(2)9-10/h3-9H2,1-2H3. The third-order valence-electron chi connectivity index (χ3n) is 2.69. The van der Waals surface area contributed by atoms with Gasteiger partial charge in [0.25, 0.3) is 0 Å². The minimum atomic E-state index is 1.01. The van der Waals surface area contributed by atoms with Gasteiger partial charge >= 0.3 is 0 Å². The van der Waals surface area contributed by atoms with Crippen LogP contribution in [0.5, 0.6) is 0 Å². The maximum atomic E-state index is 2.48. The van der Waals surface area contributed by atoms with Gasteiger partial charge in [-0.1, -0.05) is 32.4 Å². The summed E-state index contributed by atoms with van der Waals surface area (Å²) >= 11 is 0. The molecule has 1 rings (SSSR count). The second-order valence-electron chi connectivity index (χ2n) is 3.91. The van der Waals surface area contributed by atoms with Gasteiger partial charge in [0.2, 0.25) is 0 Å². The molecule has 0 bridgehead atoms. The van der Waals surface area contributed by atoms with E-state index in [4.69, 9.17) is 0 Å². The van der Waals surface area contributed by atoms with Crippen LogP contribution < -0.4 is 0 Å². The van der Waals surface area contributed by atoms with Crippen molar-refractivity contribution in [3.8, 4) is 0 Å². The monoisotopic (exact) mass is 153 g/mol. The first-order valence-electron chi connectivity index (χ1n) is 5.01. The Morgan fingerprint density at radius 3 is 2.91 bits per heavy atom. The number of rotatable bonds is 3. The van der Waals surface area contributed by atoms with Crippen LogP contribution in [0.2, 0.25) is 12.6 Å². The highest BCUT2D eigenvalue weighted by atomic mass is 15.1. The van der Waals surface area contributed by atoms with Crippen molar-refractivity contribution in [2.45, 2.75) is 38.8 Å². The van der Waals surface area contributed by atoms with Gasteiger partial charge in [0, 0.05) is 0 Å². The van der Waals surface area contributed by atoms with Crippen molar-refractivity contribution in [2.24, 2.45) is 0 Å². The Balaban J connectivity index is 2.12. The highest BCUT2D eigenvalue weighted by Crippen LogP contribution is 2.14. The average Bonchev–Trinajstić information content (AvgIpc) is 2.01. The summed E-state index contributed by atoms with van der Waals surface area (Å²) < 4.78 is 0. The SMILES string of the molecule is CCCCB1CCCN(C)C1. The minimum Gasteiger partial charge on any atom is -0.314 e. The molecule has 1 saturated heterocycles. The van der Waals surface area contributed by atoms with Crippen LogP contribution in [-0.2, 0) is 0 Å². The Morgan fingerprint density at radius 2 is 2.27 bits per heavy atom. The van der Waals surface area contributed by atoms with Crippen LogP contribution in [0.1, 0.15) is 26.2 Å². The number of nitrogens with zero attached hydrogens (tertiary/aromatic N) is 1. The van der Waals surface area contributed by atoms with Crippen LogP contribution in [0.25, 0.3) is 0 Å². The largest absolute Gasteiger partial charge is 0.314 e. The van der Waals surface area contributed by atoms with Crippen LogP contribution in [-0.4, -0.2) is 31.6 Å². The maximum absolute atomic E-state index is 2.48. The van der Waals surface area contributed by atoms with Crippen LogP contribution >= 0.6 is 0 Å². The minimum absolute atomic E-state index is 1.01. The lowest BCUT2D eigenvalue weighted by atomic mass is 9.42. The van der Waals surface area contributed by atoms with E-state index in [1.165, 1.54) is 44.9 Å². The smallest absolute Gasteiger partial charge is 0.156 e. The van der Waals surface area contributed by atoms with Crippen LogP contribution in [0.3, 0.4) is 0 Å². The molecular weight excluding hydrogens is 133 g/mol. The summed E-state index contributed by atoms with van der Waals surface area (Å²) in [6.45, 7) is 4.61. The van der Waals surface area contributed by atoms with E-state index >= 15 is 0 Å². The normalized spacial score (nSPS) is 20.7. The van der Waals surface area contributed by atoms with Crippen molar-refractivity contribution >= 4 is 6.71 Å². The molecule has 0 saturated carbocycles. The molecule has 1 aliphatic heterocycles. The van der Waals surface area contributed by atoms with Gasteiger partial charge in [0.05, 0.1) is 0 Å². The Hall–Kier alpha value is 0.0249. The summed E-state index contributed by atoms with van der Waals surface area (Å²) in [6, 6.07) is 0. The van der Waals surface area contributed by atoms with Gasteiger partial charge in [-0.15, -0.1) is 0 Å². The van der Waals surface area contributed by atoms with Crippen LogP contribution in [0.4, 0.5) is 0 Å². The van der Waals surface area contributed by atoms with E-state index in [-0.39, 0.29) is 0 Å². The summed E-state index contributed by atoms with van der Waals surface area (Å²) in [7, 11) is 2.25. The van der Waals surface area contributed by atoms with Crippen molar-refractivity contribution in [1.82, 2.24) is 4.90 Å². The van der Waals surface area contributed by atoms with Crippen LogP contribution in [0, 0.1) is 0 Å². The van der Waals surface area contributed by atoms with Gasteiger partial charge in [0.1, 0.15) is 0 Å². The summed E-state index contributed by atoms with van der Waals surface area (Å²) in [5.41, 5.74) is 0. The Bertz CT molecular complexity index is 106. The first kappa shape index (κ1) is 9.12. The molecule has 0 atom stereocenters. The van der Waals surface area contributed by atoms with Crippen molar-refractivity contribution in [2.75, 3.05) is 20.0 Å². The molecule has 0 aromatic heterocycles. The van der Waals surface area contributed by atoms with Crippen molar-refractivity contribution < 1.29 is 0 Å². The van der Waals surface area contributed by atoms with Crippen molar-refractivity contribution in [3.05, 3.63) is 0 Å². The summed E-state index contributed by atoms with van der Waals surface area (Å²) in [6.07, 6.45) is 8.49. The quantitative estimate of drug-likeness (QED) is 0.561. The maximum Gasteiger partial charge on any atom is 0.156 e. The fraction of sp³-hybridized carbons (Fsp3) is 1.00. The Labute approximate surface area is 71.2 Å². The predicted molar refractivity (Wildman–Crippen MR) is 52.4 cm³/mol. The fourth-order valence-corrected chi connectivity index (χ4v) is 2.00. The van der Waals surface area contributed by atoms with Gasteiger partial charge in [-0.25, -0.2) is 0 Å². The molecule has 0 amide bonds. The number of unbranched alkanes of at least 4 members (excludes halogenated alkanes) is 1. The third kappa shape index (κ3) is 3.28. The molecule has 1 fully saturated rings. The van der Waals surface area contributed by atoms with E-state index in [2.05, 4.69) is 18.9 Å². The molecule has 2 heteroatoms. The highest BCUT2D eigenvalue weighted by molar-refractivity contribution is 6.59. The molecule has 0 radical (unpaired) electrons. The first-order valence-corrected chi connectivity index (χ1v) is 5.01. The summed E-state index contributed by atoms with van der Waals surface area (Å²) in [5.74, 6) is 0. The molecule has 1 nitrogen and oxygen atoms in total. The van der Waals surface area contributed by atoms with Gasteiger partial charge < -0.3 is 4.90 Å². The molecule has 64 valence electrons. The molecule has 0 spiro atoms. The summed E-state index contributed by atoms with van der Waals surface area (Å²) in [5, 5.41) is 0. The predicted octanol–water partition coefficient (Wildman–Crippen LogP) is 2.16. The molecule has 0 aromatic carbocycles. The van der Waals surface area contributed by atoms with E-state index in [0.717, 1.165) is 6.71 Å². The Kier molecular flexibility index (Phi) is 3.99. The average molecular weight is 153 g/mol. The van der Waals surface area contributed by atoms with E-state index in [9.17, 15) is 0 Å². The molecule has 1 aliphatic rings. The Morgan fingerprint density at radius 1 is 1.45 bits per heavy atom. The molecule has 0 aromatic rings. The second kappa shape index (κ2) is 4.81. The lowest BCUT2D eigenvalue weighted by Gasteiger charge is -2.27. The van der Waals surface area contributed by atoms with Gasteiger partial charge in [-0.3, -0.25) is 0 Å².